The number of para-hydroxylation sites is 2. The van der Waals surface area contributed by atoms with Gasteiger partial charge in [0, 0.05) is 46.0 Å². The molecular formula is C42H34N2O6. The second-order valence-corrected chi connectivity index (χ2v) is 12.3. The van der Waals surface area contributed by atoms with Gasteiger partial charge >= 0.3 is 11.9 Å². The van der Waals surface area contributed by atoms with Crippen LogP contribution < -0.4 is 0 Å². The number of aromatic amines is 2. The van der Waals surface area contributed by atoms with E-state index in [-0.39, 0.29) is 11.1 Å². The molecule has 2 N–H and O–H groups in total. The minimum absolute atomic E-state index is 0.227. The summed E-state index contributed by atoms with van der Waals surface area (Å²) in [6, 6.07) is 31.5. The number of benzene rings is 4. The molecule has 0 radical (unpaired) electrons. The van der Waals surface area contributed by atoms with Crippen LogP contribution in [-0.4, -0.2) is 45.7 Å². The summed E-state index contributed by atoms with van der Waals surface area (Å²) in [5.41, 5.74) is 4.19. The van der Waals surface area contributed by atoms with Crippen molar-refractivity contribution in [3.63, 3.8) is 0 Å². The quantitative estimate of drug-likeness (QED) is 0.115. The van der Waals surface area contributed by atoms with Crippen molar-refractivity contribution >= 4 is 45.3 Å². The van der Waals surface area contributed by atoms with Gasteiger partial charge in [0.15, 0.2) is 23.8 Å². The Balaban J connectivity index is 1.46. The Morgan fingerprint density at radius 1 is 0.560 bits per heavy atom. The van der Waals surface area contributed by atoms with Crippen LogP contribution in [0.2, 0.25) is 0 Å². The first-order chi connectivity index (χ1) is 24.4. The molecule has 0 spiro atoms. The molecule has 1 fully saturated rings. The third-order valence-corrected chi connectivity index (χ3v) is 9.24. The highest BCUT2D eigenvalue weighted by Gasteiger charge is 2.56. The lowest BCUT2D eigenvalue weighted by atomic mass is 9.69. The molecule has 6 aromatic rings. The second kappa shape index (κ2) is 13.7. The molecule has 1 aliphatic rings. The molecule has 2 heterocycles. The lowest BCUT2D eigenvalue weighted by Gasteiger charge is -2.38. The monoisotopic (exact) mass is 662 g/mol. The molecule has 0 aliphatic heterocycles. The average Bonchev–Trinajstić information content (AvgIpc) is 3.69. The van der Waals surface area contributed by atoms with E-state index in [1.165, 1.54) is 0 Å². The Labute approximate surface area is 288 Å². The number of H-pyrrole nitrogens is 2. The summed E-state index contributed by atoms with van der Waals surface area (Å²) in [5.74, 6) is -5.24. The van der Waals surface area contributed by atoms with Crippen molar-refractivity contribution in [2.24, 2.45) is 0 Å². The summed E-state index contributed by atoms with van der Waals surface area (Å²) in [4.78, 5) is 64.8. The number of carbonyl (C=O) groups is 4. The van der Waals surface area contributed by atoms with E-state index in [0.717, 1.165) is 11.0 Å². The number of carbonyl (C=O) groups excluding carboxylic acids is 4. The van der Waals surface area contributed by atoms with Crippen LogP contribution in [0.3, 0.4) is 0 Å². The molecule has 248 valence electrons. The topological polar surface area (TPSA) is 118 Å². The number of ketones is 2. The zero-order chi connectivity index (χ0) is 34.8. The van der Waals surface area contributed by atoms with E-state index in [2.05, 4.69) is 23.1 Å². The molecule has 1 aliphatic carbocycles. The molecule has 2 aromatic heterocycles. The minimum atomic E-state index is -1.56. The van der Waals surface area contributed by atoms with Gasteiger partial charge in [-0.25, -0.2) is 9.59 Å². The van der Waals surface area contributed by atoms with Gasteiger partial charge in [0.1, 0.15) is 0 Å². The van der Waals surface area contributed by atoms with Gasteiger partial charge in [-0.05, 0) is 47.5 Å². The summed E-state index contributed by atoms with van der Waals surface area (Å²) < 4.78 is 12.3. The van der Waals surface area contributed by atoms with Gasteiger partial charge in [0.25, 0.3) is 0 Å². The smallest absolute Gasteiger partial charge is 0.338 e. The van der Waals surface area contributed by atoms with Gasteiger partial charge in [-0.1, -0.05) is 84.9 Å². The molecule has 1 saturated carbocycles. The number of ether oxygens (including phenoxy) is 2. The summed E-state index contributed by atoms with van der Waals surface area (Å²) in [7, 11) is 0. The Kier molecular flexibility index (Phi) is 8.83. The molecule has 7 rings (SSSR count). The van der Waals surface area contributed by atoms with Crippen molar-refractivity contribution < 1.29 is 28.7 Å². The van der Waals surface area contributed by atoms with Crippen LogP contribution in [0.25, 0.3) is 21.8 Å². The highest BCUT2D eigenvalue weighted by Crippen LogP contribution is 2.46. The summed E-state index contributed by atoms with van der Waals surface area (Å²) in [5, 5.41) is 1.37. The summed E-state index contributed by atoms with van der Waals surface area (Å²) in [6.07, 6.45) is 0.950. The maximum atomic E-state index is 15.3. The van der Waals surface area contributed by atoms with E-state index in [1.807, 2.05) is 48.5 Å². The van der Waals surface area contributed by atoms with E-state index in [0.29, 0.717) is 46.1 Å². The highest BCUT2D eigenvalue weighted by atomic mass is 16.6. The van der Waals surface area contributed by atoms with Crippen LogP contribution >= 0.6 is 0 Å². The third kappa shape index (κ3) is 5.75. The minimum Gasteiger partial charge on any atom is -0.450 e. The molecule has 8 heteroatoms. The number of allylic oxidation sites excluding steroid dienone is 2. The zero-order valence-corrected chi connectivity index (χ0v) is 27.1. The first kappa shape index (κ1) is 32.3. The SMILES string of the molecule is C=CCc1[nH]c2ccccc2c1C1C(=O)C(OC(=O)c2ccccc2)C(c2c(CC=C)[nH]c3ccccc23)C(=O)C1OC(=O)c1ccccc1. The van der Waals surface area contributed by atoms with Gasteiger partial charge < -0.3 is 19.4 Å². The highest BCUT2D eigenvalue weighted by molar-refractivity contribution is 6.12. The Morgan fingerprint density at radius 3 is 1.30 bits per heavy atom. The fourth-order valence-electron chi connectivity index (χ4n) is 7.10. The van der Waals surface area contributed by atoms with Crippen LogP contribution in [0.15, 0.2) is 135 Å². The van der Waals surface area contributed by atoms with Crippen LogP contribution in [0.4, 0.5) is 0 Å². The fraction of sp³-hybridized carbons (Fsp3) is 0.143. The molecule has 0 saturated heterocycles. The van der Waals surface area contributed by atoms with E-state index in [4.69, 9.17) is 9.47 Å². The number of esters is 2. The van der Waals surface area contributed by atoms with E-state index in [1.54, 1.807) is 72.8 Å². The molecule has 50 heavy (non-hydrogen) atoms. The fourth-order valence-corrected chi connectivity index (χ4v) is 7.10. The van der Waals surface area contributed by atoms with Crippen molar-refractivity contribution in [2.75, 3.05) is 0 Å². The second-order valence-electron chi connectivity index (χ2n) is 12.3. The maximum Gasteiger partial charge on any atom is 0.338 e. The summed E-state index contributed by atoms with van der Waals surface area (Å²) in [6.45, 7) is 7.81. The Bertz CT molecular complexity index is 2100. The molecule has 4 aromatic carbocycles. The van der Waals surface area contributed by atoms with Gasteiger partial charge in [0.2, 0.25) is 0 Å². The largest absolute Gasteiger partial charge is 0.450 e. The molecule has 4 atom stereocenters. The predicted octanol–water partition coefficient (Wildman–Crippen LogP) is 7.58. The molecule has 4 unspecified atom stereocenters. The van der Waals surface area contributed by atoms with Crippen molar-refractivity contribution in [3.8, 4) is 0 Å². The first-order valence-electron chi connectivity index (χ1n) is 16.4. The molecule has 8 nitrogen and oxygen atoms in total. The van der Waals surface area contributed by atoms with Gasteiger partial charge in [-0.15, -0.1) is 13.2 Å². The normalized spacial score (nSPS) is 19.0. The standard InChI is InChI=1S/C42H34N2O6/c1-3-15-31-33(27-21-11-13-23-29(27)43-31)35-37(45)40(50-42(48)26-19-9-6-10-20-26)36(34-28-22-12-14-24-30(28)44-32(34)16-4-2)38(46)39(35)49-41(47)25-17-7-5-8-18-25/h3-14,17-24,35-36,39-40,43-44H,1-2,15-16H2. The number of nitrogens with one attached hydrogen (secondary N) is 2. The van der Waals surface area contributed by atoms with Crippen LogP contribution in [0.1, 0.15) is 55.1 Å². The van der Waals surface area contributed by atoms with Gasteiger partial charge in [-0.3, -0.25) is 9.59 Å². The molecule has 0 bridgehead atoms. The Morgan fingerprint density at radius 2 is 0.920 bits per heavy atom. The van der Waals surface area contributed by atoms with Gasteiger partial charge in [-0.2, -0.15) is 0 Å². The number of rotatable bonds is 10. The van der Waals surface area contributed by atoms with Crippen LogP contribution in [0, 0.1) is 0 Å². The first-order valence-corrected chi connectivity index (χ1v) is 16.4. The van der Waals surface area contributed by atoms with Crippen LogP contribution in [0.5, 0.6) is 0 Å². The summed E-state index contributed by atoms with van der Waals surface area (Å²) >= 11 is 0. The van der Waals surface area contributed by atoms with Crippen LogP contribution in [-0.2, 0) is 31.9 Å². The van der Waals surface area contributed by atoms with E-state index < -0.39 is 47.5 Å². The van der Waals surface area contributed by atoms with E-state index in [9.17, 15) is 9.59 Å². The predicted molar refractivity (Wildman–Crippen MR) is 191 cm³/mol. The molecular weight excluding hydrogens is 628 g/mol. The third-order valence-electron chi connectivity index (χ3n) is 9.24. The van der Waals surface area contributed by atoms with Crippen molar-refractivity contribution in [2.45, 2.75) is 36.9 Å². The number of fused-ring (bicyclic) bond motifs is 2. The van der Waals surface area contributed by atoms with E-state index >= 15 is 9.59 Å². The maximum absolute atomic E-state index is 15.3. The number of hydrogen-bond donors (Lipinski definition) is 2. The number of Topliss-reactive ketones (excluding diaryl/α,β-unsaturated/α-hetero) is 2. The Hall–Kier alpha value is -6.28. The molecule has 0 amide bonds. The number of aromatic nitrogens is 2. The van der Waals surface area contributed by atoms with Crippen molar-refractivity contribution in [1.29, 1.82) is 0 Å². The lowest BCUT2D eigenvalue weighted by molar-refractivity contribution is -0.150. The van der Waals surface area contributed by atoms with Gasteiger partial charge in [0.05, 0.1) is 23.0 Å². The van der Waals surface area contributed by atoms with Crippen molar-refractivity contribution in [1.82, 2.24) is 9.97 Å². The lowest BCUT2D eigenvalue weighted by Crippen LogP contribution is -2.54. The zero-order valence-electron chi connectivity index (χ0n) is 27.1. The van der Waals surface area contributed by atoms with Crippen molar-refractivity contribution in [3.05, 3.63) is 168 Å². The number of hydrogen-bond acceptors (Lipinski definition) is 6. The average molecular weight is 663 g/mol.